The van der Waals surface area contributed by atoms with Crippen LogP contribution in [0, 0.1) is 5.82 Å². The van der Waals surface area contributed by atoms with Crippen LogP contribution in [0.25, 0.3) is 10.9 Å². The van der Waals surface area contributed by atoms with Crippen LogP contribution in [0.3, 0.4) is 0 Å². The molecule has 0 saturated heterocycles. The number of hydrogen-bond donors (Lipinski definition) is 1. The molecule has 0 bridgehead atoms. The monoisotopic (exact) mass is 702 g/mol. The van der Waals surface area contributed by atoms with Gasteiger partial charge < -0.3 is 24.4 Å². The van der Waals surface area contributed by atoms with Crippen LogP contribution in [-0.2, 0) is 26.8 Å². The maximum atomic E-state index is 13.6. The Labute approximate surface area is 290 Å². The van der Waals surface area contributed by atoms with Crippen molar-refractivity contribution in [1.82, 2.24) is 14.9 Å². The number of rotatable bonds is 14. The molecule has 49 heavy (non-hydrogen) atoms. The number of methoxy groups -OCH3 is 1. The molecule has 0 aliphatic carbocycles. The summed E-state index contributed by atoms with van der Waals surface area (Å²) in [6.45, 7) is 1.12. The number of aromatic nitrogens is 2. The highest BCUT2D eigenvalue weighted by Crippen LogP contribution is 2.45. The molecule has 0 saturated carbocycles. The molecule has 9 nitrogen and oxygen atoms in total. The van der Waals surface area contributed by atoms with Gasteiger partial charge in [-0.1, -0.05) is 41.9 Å². The minimum Gasteiger partial charge on any atom is -0.496 e. The van der Waals surface area contributed by atoms with E-state index in [1.165, 1.54) is 18.5 Å². The van der Waals surface area contributed by atoms with Gasteiger partial charge in [-0.05, 0) is 67.2 Å². The van der Waals surface area contributed by atoms with Crippen molar-refractivity contribution in [2.45, 2.75) is 29.9 Å². The van der Waals surface area contributed by atoms with E-state index >= 15 is 0 Å². The molecule has 5 aromatic rings. The highest BCUT2D eigenvalue weighted by Gasteiger charge is 2.38. The van der Waals surface area contributed by atoms with E-state index in [4.69, 9.17) is 25.8 Å². The van der Waals surface area contributed by atoms with Crippen LogP contribution in [-0.4, -0.2) is 56.3 Å². The Morgan fingerprint density at radius 1 is 1.00 bits per heavy atom. The minimum absolute atomic E-state index is 0.00934. The van der Waals surface area contributed by atoms with E-state index < -0.39 is 15.4 Å². The molecule has 0 fully saturated rings. The molecule has 12 heteroatoms. The fraction of sp³-hybridized carbons (Fsp3) is 0.243. The predicted molar refractivity (Wildman–Crippen MR) is 189 cm³/mol. The molecule has 2 heterocycles. The summed E-state index contributed by atoms with van der Waals surface area (Å²) in [7, 11) is 0.122. The Bertz CT molecular complexity index is 2070. The van der Waals surface area contributed by atoms with Crippen molar-refractivity contribution in [2.24, 2.45) is 0 Å². The third-order valence-corrected chi connectivity index (χ3v) is 10.5. The lowest BCUT2D eigenvalue weighted by molar-refractivity contribution is 0.0228. The van der Waals surface area contributed by atoms with Crippen molar-refractivity contribution >= 4 is 43.8 Å². The lowest BCUT2D eigenvalue weighted by Crippen LogP contribution is -2.34. The van der Waals surface area contributed by atoms with E-state index in [2.05, 4.69) is 15.3 Å². The highest BCUT2D eigenvalue weighted by atomic mass is 35.5. The number of benzene rings is 4. The Balaban J connectivity index is 1.20. The summed E-state index contributed by atoms with van der Waals surface area (Å²) in [5.74, 6) is 1.33. The first kappa shape index (κ1) is 34.2. The largest absolute Gasteiger partial charge is 0.496 e. The van der Waals surface area contributed by atoms with Gasteiger partial charge >= 0.3 is 0 Å². The lowest BCUT2D eigenvalue weighted by atomic mass is 9.86. The van der Waals surface area contributed by atoms with Gasteiger partial charge in [-0.2, -0.15) is 0 Å². The van der Waals surface area contributed by atoms with Crippen molar-refractivity contribution in [3.05, 3.63) is 126 Å². The summed E-state index contributed by atoms with van der Waals surface area (Å²) in [4.78, 5) is 11.4. The van der Waals surface area contributed by atoms with E-state index in [0.717, 1.165) is 10.9 Å². The molecule has 1 aromatic heterocycles. The van der Waals surface area contributed by atoms with Crippen molar-refractivity contribution in [3.8, 4) is 11.5 Å². The summed E-state index contributed by atoms with van der Waals surface area (Å²) in [6, 6.07) is 23.9. The molecule has 1 aliphatic rings. The van der Waals surface area contributed by atoms with Crippen LogP contribution >= 0.6 is 11.6 Å². The van der Waals surface area contributed by atoms with Crippen LogP contribution < -0.4 is 14.8 Å². The molecule has 6 rings (SSSR count). The Hall–Kier alpha value is -4.71. The molecule has 0 amide bonds. The molecule has 254 valence electrons. The topological polar surface area (TPSA) is 103 Å². The van der Waals surface area contributed by atoms with E-state index in [9.17, 15) is 12.8 Å². The van der Waals surface area contributed by atoms with Crippen LogP contribution in [0.2, 0.25) is 5.02 Å². The van der Waals surface area contributed by atoms with Crippen LogP contribution in [0.15, 0.2) is 108 Å². The summed E-state index contributed by atoms with van der Waals surface area (Å²) in [5.41, 5.74) is 2.13. The number of anilines is 2. The van der Waals surface area contributed by atoms with Gasteiger partial charge in [0.2, 0.25) is 0 Å². The van der Waals surface area contributed by atoms with Crippen molar-refractivity contribution in [3.63, 3.8) is 0 Å². The summed E-state index contributed by atoms with van der Waals surface area (Å²) >= 11 is 6.57. The van der Waals surface area contributed by atoms with Crippen molar-refractivity contribution in [1.29, 1.82) is 0 Å². The quantitative estimate of drug-likeness (QED) is 0.125. The standard InChI is InChI=1S/C37H36ClFN4O5S/c1-43(17-19-49(44,45)29-10-4-3-5-11-29)16-15-37(14-7-18-48-37)31-22-30-33(23-35(31)46-2)40-25-41-36(30)42-28-12-13-34(32(38)21-28)47-24-26-8-6-9-27(39)20-26/h3-13,18,20-23,25H,14-17,19,24H2,1-2H3,(H,40,41,42). The maximum absolute atomic E-state index is 13.6. The number of nitrogens with one attached hydrogen (secondary N) is 1. The molecule has 1 unspecified atom stereocenters. The molecule has 1 aliphatic heterocycles. The first-order valence-corrected chi connectivity index (χ1v) is 17.7. The van der Waals surface area contributed by atoms with Gasteiger partial charge in [0.25, 0.3) is 0 Å². The van der Waals surface area contributed by atoms with Gasteiger partial charge in [0, 0.05) is 48.6 Å². The number of hydrogen-bond acceptors (Lipinski definition) is 9. The van der Waals surface area contributed by atoms with Crippen LogP contribution in [0.5, 0.6) is 11.5 Å². The third-order valence-electron chi connectivity index (χ3n) is 8.50. The van der Waals surface area contributed by atoms with Gasteiger partial charge in [0.1, 0.15) is 41.7 Å². The number of ether oxygens (including phenoxy) is 3. The molecular formula is C37H36ClFN4O5S. The van der Waals surface area contributed by atoms with E-state index in [1.54, 1.807) is 68.0 Å². The Morgan fingerprint density at radius 2 is 1.84 bits per heavy atom. The SMILES string of the molecule is COc1cc2ncnc(Nc3ccc(OCc4cccc(F)c4)c(Cl)c3)c2cc1C1(CCN(C)CCS(=O)(=O)c2ccccc2)CC=CO1. The second kappa shape index (κ2) is 14.8. The average Bonchev–Trinajstić information content (AvgIpc) is 3.59. The zero-order valence-electron chi connectivity index (χ0n) is 27.1. The number of halogens is 2. The van der Waals surface area contributed by atoms with Gasteiger partial charge in [0.05, 0.1) is 34.6 Å². The Morgan fingerprint density at radius 3 is 2.57 bits per heavy atom. The van der Waals surface area contributed by atoms with Crippen molar-refractivity contribution < 1.29 is 27.0 Å². The van der Waals surface area contributed by atoms with E-state index in [0.29, 0.717) is 69.9 Å². The summed E-state index contributed by atoms with van der Waals surface area (Å²) in [6.07, 6.45) is 6.33. The fourth-order valence-corrected chi connectivity index (χ4v) is 7.36. The molecule has 1 N–H and O–H groups in total. The van der Waals surface area contributed by atoms with Crippen molar-refractivity contribution in [2.75, 3.05) is 38.3 Å². The number of fused-ring (bicyclic) bond motifs is 1. The fourth-order valence-electron chi connectivity index (χ4n) is 5.77. The van der Waals surface area contributed by atoms with E-state index in [1.807, 2.05) is 36.2 Å². The van der Waals surface area contributed by atoms with Gasteiger partial charge in [-0.15, -0.1) is 0 Å². The first-order valence-electron chi connectivity index (χ1n) is 15.7. The van der Waals surface area contributed by atoms with Crippen LogP contribution in [0.1, 0.15) is 24.0 Å². The van der Waals surface area contributed by atoms with Gasteiger partial charge in [0.15, 0.2) is 9.84 Å². The number of sulfone groups is 1. The number of nitrogens with zero attached hydrogens (tertiary/aromatic N) is 3. The summed E-state index contributed by atoms with van der Waals surface area (Å²) in [5, 5.41) is 4.49. The zero-order valence-corrected chi connectivity index (χ0v) is 28.7. The smallest absolute Gasteiger partial charge is 0.179 e. The predicted octanol–water partition coefficient (Wildman–Crippen LogP) is 7.68. The Kier molecular flexibility index (Phi) is 10.3. The molecule has 1 atom stereocenters. The minimum atomic E-state index is -3.40. The second-order valence-electron chi connectivity index (χ2n) is 11.9. The highest BCUT2D eigenvalue weighted by molar-refractivity contribution is 7.91. The second-order valence-corrected chi connectivity index (χ2v) is 14.4. The maximum Gasteiger partial charge on any atom is 0.179 e. The molecule has 0 spiro atoms. The van der Waals surface area contributed by atoms with Gasteiger partial charge in [-0.3, -0.25) is 0 Å². The zero-order chi connectivity index (χ0) is 34.4. The lowest BCUT2D eigenvalue weighted by Gasteiger charge is -2.32. The first-order chi connectivity index (χ1) is 23.7. The van der Waals surface area contributed by atoms with E-state index in [-0.39, 0.29) is 18.2 Å². The normalized spacial score (nSPS) is 15.8. The molecule has 4 aromatic carbocycles. The third kappa shape index (κ3) is 7.96. The van der Waals surface area contributed by atoms with Crippen LogP contribution in [0.4, 0.5) is 15.9 Å². The molecule has 0 radical (unpaired) electrons. The molecular weight excluding hydrogens is 667 g/mol. The van der Waals surface area contributed by atoms with Gasteiger partial charge in [-0.25, -0.2) is 22.8 Å². The average molecular weight is 703 g/mol. The summed E-state index contributed by atoms with van der Waals surface area (Å²) < 4.78 is 57.3.